The van der Waals surface area contributed by atoms with Gasteiger partial charge in [-0.25, -0.2) is 4.98 Å². The van der Waals surface area contributed by atoms with Crippen LogP contribution in [0, 0.1) is 0 Å². The molecule has 0 bridgehead atoms. The van der Waals surface area contributed by atoms with E-state index in [0.717, 1.165) is 45.0 Å². The van der Waals surface area contributed by atoms with Crippen molar-refractivity contribution in [3.8, 4) is 0 Å². The Bertz CT molecular complexity index is 299. The van der Waals surface area contributed by atoms with E-state index in [0.29, 0.717) is 6.04 Å². The van der Waals surface area contributed by atoms with Gasteiger partial charge in [0.1, 0.15) is 5.82 Å². The molecule has 17 heavy (non-hydrogen) atoms. The number of nitrogens with one attached hydrogen (secondary N) is 1. The third-order valence-electron chi connectivity index (χ3n) is 2.83. The van der Waals surface area contributed by atoms with Crippen LogP contribution in [0.1, 0.15) is 39.1 Å². The van der Waals surface area contributed by atoms with Crippen LogP contribution in [0.15, 0.2) is 12.4 Å². The zero-order chi connectivity index (χ0) is 12.5. The van der Waals surface area contributed by atoms with Crippen LogP contribution < -0.4 is 5.32 Å². The molecule has 0 aliphatic rings. The predicted molar refractivity (Wildman–Crippen MR) is 70.3 cm³/mol. The van der Waals surface area contributed by atoms with E-state index < -0.39 is 0 Å². The number of imidazole rings is 1. The second-order valence-corrected chi connectivity index (χ2v) is 4.21. The first-order valence-corrected chi connectivity index (χ1v) is 6.59. The molecule has 1 atom stereocenters. The highest BCUT2D eigenvalue weighted by molar-refractivity contribution is 4.94. The van der Waals surface area contributed by atoms with Gasteiger partial charge >= 0.3 is 0 Å². The molecular formula is C13H25N3O. The maximum atomic E-state index is 5.29. The van der Waals surface area contributed by atoms with Crippen LogP contribution in [-0.2, 0) is 11.2 Å². The number of rotatable bonds is 9. The molecule has 0 saturated carbocycles. The topological polar surface area (TPSA) is 39.1 Å². The van der Waals surface area contributed by atoms with Crippen LogP contribution in [0.4, 0.5) is 0 Å². The molecule has 0 aromatic carbocycles. The van der Waals surface area contributed by atoms with E-state index in [1.54, 1.807) is 0 Å². The molecule has 4 nitrogen and oxygen atoms in total. The summed E-state index contributed by atoms with van der Waals surface area (Å²) in [6, 6.07) is 0.458. The fraction of sp³-hybridized carbons (Fsp3) is 0.769. The molecule has 1 aromatic rings. The Balaban J connectivity index is 2.19. The van der Waals surface area contributed by atoms with Crippen LogP contribution in [0.25, 0.3) is 0 Å². The fourth-order valence-corrected chi connectivity index (χ4v) is 1.87. The molecular weight excluding hydrogens is 214 g/mol. The van der Waals surface area contributed by atoms with Gasteiger partial charge in [-0.2, -0.15) is 0 Å². The lowest BCUT2D eigenvalue weighted by Crippen LogP contribution is -2.25. The van der Waals surface area contributed by atoms with Crippen LogP contribution in [0.5, 0.6) is 0 Å². The summed E-state index contributed by atoms with van der Waals surface area (Å²) >= 11 is 0. The number of hydrogen-bond acceptors (Lipinski definition) is 3. The van der Waals surface area contributed by atoms with Crippen molar-refractivity contribution in [1.82, 2.24) is 14.9 Å². The lowest BCUT2D eigenvalue weighted by atomic mass is 10.3. The highest BCUT2D eigenvalue weighted by atomic mass is 16.5. The minimum Gasteiger partial charge on any atom is -0.382 e. The van der Waals surface area contributed by atoms with E-state index in [-0.39, 0.29) is 0 Å². The van der Waals surface area contributed by atoms with E-state index in [1.807, 2.05) is 13.1 Å². The Morgan fingerprint density at radius 2 is 2.29 bits per heavy atom. The van der Waals surface area contributed by atoms with Crippen LogP contribution in [0.2, 0.25) is 0 Å². The van der Waals surface area contributed by atoms with E-state index >= 15 is 0 Å². The maximum absolute atomic E-state index is 5.29. The molecule has 0 saturated heterocycles. The van der Waals surface area contributed by atoms with E-state index in [4.69, 9.17) is 4.74 Å². The van der Waals surface area contributed by atoms with Gasteiger partial charge in [-0.3, -0.25) is 0 Å². The third-order valence-corrected chi connectivity index (χ3v) is 2.83. The average Bonchev–Trinajstić information content (AvgIpc) is 2.81. The number of nitrogens with zero attached hydrogens (tertiary/aromatic N) is 2. The van der Waals surface area contributed by atoms with Crippen LogP contribution in [-0.4, -0.2) is 35.9 Å². The van der Waals surface area contributed by atoms with Gasteiger partial charge in [0.15, 0.2) is 0 Å². The summed E-state index contributed by atoms with van der Waals surface area (Å²) in [6.07, 6.45) is 6.00. The minimum atomic E-state index is 0.458. The van der Waals surface area contributed by atoms with Gasteiger partial charge in [-0.05, 0) is 26.8 Å². The molecule has 0 aliphatic carbocycles. The van der Waals surface area contributed by atoms with Crippen molar-refractivity contribution in [3.63, 3.8) is 0 Å². The molecule has 0 aliphatic heterocycles. The summed E-state index contributed by atoms with van der Waals surface area (Å²) in [4.78, 5) is 4.34. The van der Waals surface area contributed by atoms with Crippen molar-refractivity contribution in [1.29, 1.82) is 0 Å². The smallest absolute Gasteiger partial charge is 0.108 e. The van der Waals surface area contributed by atoms with E-state index in [1.165, 1.54) is 0 Å². The average molecular weight is 239 g/mol. The van der Waals surface area contributed by atoms with Crippen molar-refractivity contribution >= 4 is 0 Å². The Morgan fingerprint density at radius 3 is 3.00 bits per heavy atom. The van der Waals surface area contributed by atoms with E-state index in [9.17, 15) is 0 Å². The Morgan fingerprint density at radius 1 is 1.47 bits per heavy atom. The number of ether oxygens (including phenoxy) is 1. The second kappa shape index (κ2) is 8.25. The summed E-state index contributed by atoms with van der Waals surface area (Å²) in [5, 5.41) is 3.46. The Labute approximate surface area is 104 Å². The minimum absolute atomic E-state index is 0.458. The molecule has 0 amide bonds. The Hall–Kier alpha value is -0.870. The summed E-state index contributed by atoms with van der Waals surface area (Å²) in [5.74, 6) is 1.16. The fourth-order valence-electron chi connectivity index (χ4n) is 1.87. The SMILES string of the molecule is CCOCCCNCC(C)n1ccnc1CC. The largest absolute Gasteiger partial charge is 0.382 e. The normalized spacial score (nSPS) is 12.9. The van der Waals surface area contributed by atoms with Crippen LogP contribution in [0.3, 0.4) is 0 Å². The molecule has 1 heterocycles. The standard InChI is InChI=1S/C13H25N3O/c1-4-13-15-8-9-16(13)12(3)11-14-7-6-10-17-5-2/h8-9,12,14H,4-7,10-11H2,1-3H3. The summed E-state index contributed by atoms with van der Waals surface area (Å²) < 4.78 is 7.54. The highest BCUT2D eigenvalue weighted by Crippen LogP contribution is 2.08. The molecule has 1 N–H and O–H groups in total. The lowest BCUT2D eigenvalue weighted by Gasteiger charge is -2.16. The zero-order valence-corrected chi connectivity index (χ0v) is 11.3. The highest BCUT2D eigenvalue weighted by Gasteiger charge is 2.07. The first kappa shape index (κ1) is 14.2. The van der Waals surface area contributed by atoms with Gasteiger partial charge in [0, 0.05) is 44.6 Å². The number of aromatic nitrogens is 2. The summed E-state index contributed by atoms with van der Waals surface area (Å²) in [7, 11) is 0. The molecule has 0 spiro atoms. The third kappa shape index (κ3) is 4.88. The van der Waals surface area contributed by atoms with Crippen molar-refractivity contribution in [2.24, 2.45) is 0 Å². The molecule has 98 valence electrons. The first-order chi connectivity index (χ1) is 8.29. The van der Waals surface area contributed by atoms with Crippen molar-refractivity contribution in [3.05, 3.63) is 18.2 Å². The lowest BCUT2D eigenvalue weighted by molar-refractivity contribution is 0.144. The number of aryl methyl sites for hydroxylation is 1. The van der Waals surface area contributed by atoms with Crippen molar-refractivity contribution < 1.29 is 4.74 Å². The molecule has 0 radical (unpaired) electrons. The monoisotopic (exact) mass is 239 g/mol. The second-order valence-electron chi connectivity index (χ2n) is 4.21. The van der Waals surface area contributed by atoms with Crippen LogP contribution >= 0.6 is 0 Å². The Kier molecular flexibility index (Phi) is 6.89. The molecule has 1 rings (SSSR count). The summed E-state index contributed by atoms with van der Waals surface area (Å²) in [6.45, 7) is 10.0. The van der Waals surface area contributed by atoms with E-state index in [2.05, 4.69) is 34.9 Å². The van der Waals surface area contributed by atoms with Gasteiger partial charge in [0.25, 0.3) is 0 Å². The first-order valence-electron chi connectivity index (χ1n) is 6.59. The molecule has 1 aromatic heterocycles. The number of hydrogen-bond donors (Lipinski definition) is 1. The van der Waals surface area contributed by atoms with Gasteiger partial charge in [-0.1, -0.05) is 6.92 Å². The van der Waals surface area contributed by atoms with Gasteiger partial charge in [-0.15, -0.1) is 0 Å². The zero-order valence-electron chi connectivity index (χ0n) is 11.3. The molecule has 0 fully saturated rings. The van der Waals surface area contributed by atoms with Crippen molar-refractivity contribution in [2.45, 2.75) is 39.7 Å². The van der Waals surface area contributed by atoms with Gasteiger partial charge in [0.2, 0.25) is 0 Å². The predicted octanol–water partition coefficient (Wildman–Crippen LogP) is 2.02. The quantitative estimate of drug-likeness (QED) is 0.670. The van der Waals surface area contributed by atoms with Crippen molar-refractivity contribution in [2.75, 3.05) is 26.3 Å². The summed E-state index contributed by atoms with van der Waals surface area (Å²) in [5.41, 5.74) is 0. The van der Waals surface area contributed by atoms with Gasteiger partial charge < -0.3 is 14.6 Å². The van der Waals surface area contributed by atoms with Gasteiger partial charge in [0.05, 0.1) is 0 Å². The molecule has 1 unspecified atom stereocenters. The maximum Gasteiger partial charge on any atom is 0.108 e. The molecule has 4 heteroatoms.